The average molecular weight is 856 g/mol. The summed E-state index contributed by atoms with van der Waals surface area (Å²) in [6, 6.07) is -0.587. The van der Waals surface area contributed by atoms with Crippen molar-refractivity contribution in [2.45, 2.75) is 276 Å². The zero-order chi connectivity index (χ0) is 44.4. The van der Waals surface area contributed by atoms with Crippen molar-refractivity contribution in [3.05, 3.63) is 48.6 Å². The Morgan fingerprint density at radius 3 is 1.31 bits per heavy atom. The molecule has 0 fully saturated rings. The highest BCUT2D eigenvalue weighted by atomic mass is 16.5. The number of hydrogen-bond acceptors (Lipinski definition) is 5. The van der Waals surface area contributed by atoms with Crippen LogP contribution in [-0.2, 0) is 14.3 Å². The lowest BCUT2D eigenvalue weighted by Gasteiger charge is -2.22. The van der Waals surface area contributed by atoms with Gasteiger partial charge in [0, 0.05) is 12.8 Å². The van der Waals surface area contributed by atoms with Gasteiger partial charge in [0.15, 0.2) is 0 Å². The molecule has 0 rings (SSSR count). The molecule has 0 bridgehead atoms. The van der Waals surface area contributed by atoms with Crippen molar-refractivity contribution in [3.8, 4) is 0 Å². The van der Waals surface area contributed by atoms with E-state index in [4.69, 9.17) is 4.74 Å². The number of esters is 1. The standard InChI is InChI=1S/C55H101NO5/c1-3-5-7-9-11-13-15-17-19-21-23-27-31-35-39-43-47-53(58)52(51-57)56-54(59)48-44-40-36-32-28-24-22-26-30-34-38-42-46-50-61-55(60)49-45-41-37-33-29-25-20-18-16-14-12-10-8-6-4-2/h12,14,18,20,24,28,36,40,52-53,57-58H,3-11,13,15-17,19,21-23,25-27,29-35,37-39,41-51H2,1-2H3,(H,56,59)/b14-12-,20-18-,28-24-,40-36-. The van der Waals surface area contributed by atoms with Crippen LogP contribution in [0, 0.1) is 0 Å². The Morgan fingerprint density at radius 1 is 0.459 bits per heavy atom. The number of carbonyl (C=O) groups is 2. The van der Waals surface area contributed by atoms with Gasteiger partial charge in [-0.05, 0) is 77.0 Å². The van der Waals surface area contributed by atoms with Crippen LogP contribution in [0.3, 0.4) is 0 Å². The van der Waals surface area contributed by atoms with Crippen molar-refractivity contribution < 1.29 is 24.5 Å². The number of hydrogen-bond donors (Lipinski definition) is 3. The minimum Gasteiger partial charge on any atom is -0.466 e. The van der Waals surface area contributed by atoms with E-state index in [0.29, 0.717) is 32.3 Å². The molecule has 0 aliphatic heterocycles. The summed E-state index contributed by atoms with van der Waals surface area (Å²) in [5.41, 5.74) is 0. The van der Waals surface area contributed by atoms with Gasteiger partial charge in [-0.25, -0.2) is 0 Å². The fraction of sp³-hybridized carbons (Fsp3) is 0.818. The molecule has 0 heterocycles. The van der Waals surface area contributed by atoms with Gasteiger partial charge >= 0.3 is 5.97 Å². The first kappa shape index (κ1) is 58.8. The first-order valence-electron chi connectivity index (χ1n) is 26.4. The van der Waals surface area contributed by atoms with Crippen LogP contribution in [0.4, 0.5) is 0 Å². The number of ether oxygens (including phenoxy) is 1. The molecule has 2 atom stereocenters. The van der Waals surface area contributed by atoms with Gasteiger partial charge < -0.3 is 20.3 Å². The maximum atomic E-state index is 12.4. The van der Waals surface area contributed by atoms with E-state index in [2.05, 4.69) is 61.7 Å². The molecule has 0 aromatic carbocycles. The Labute approximate surface area is 378 Å². The number of amides is 1. The van der Waals surface area contributed by atoms with E-state index < -0.39 is 12.1 Å². The fourth-order valence-corrected chi connectivity index (χ4v) is 7.78. The second-order valence-corrected chi connectivity index (χ2v) is 17.8. The highest BCUT2D eigenvalue weighted by Crippen LogP contribution is 2.16. The van der Waals surface area contributed by atoms with Crippen molar-refractivity contribution in [1.29, 1.82) is 0 Å². The van der Waals surface area contributed by atoms with Gasteiger partial charge in [-0.1, -0.05) is 223 Å². The van der Waals surface area contributed by atoms with E-state index in [-0.39, 0.29) is 18.5 Å². The third-order valence-electron chi connectivity index (χ3n) is 11.9. The van der Waals surface area contributed by atoms with Crippen molar-refractivity contribution >= 4 is 11.9 Å². The summed E-state index contributed by atoms with van der Waals surface area (Å²) in [5, 5.41) is 23.2. The molecule has 1 amide bonds. The summed E-state index contributed by atoms with van der Waals surface area (Å²) in [7, 11) is 0. The molecule has 61 heavy (non-hydrogen) atoms. The van der Waals surface area contributed by atoms with Crippen LogP contribution in [0.15, 0.2) is 48.6 Å². The largest absolute Gasteiger partial charge is 0.466 e. The minimum atomic E-state index is -0.700. The van der Waals surface area contributed by atoms with E-state index >= 15 is 0 Å². The average Bonchev–Trinajstić information content (AvgIpc) is 3.26. The highest BCUT2D eigenvalue weighted by Gasteiger charge is 2.19. The van der Waals surface area contributed by atoms with Crippen LogP contribution in [0.5, 0.6) is 0 Å². The van der Waals surface area contributed by atoms with Crippen molar-refractivity contribution in [2.24, 2.45) is 0 Å². The summed E-state index contributed by atoms with van der Waals surface area (Å²) in [5.74, 6) is -0.148. The molecule has 0 saturated carbocycles. The number of nitrogens with one attached hydrogen (secondary N) is 1. The zero-order valence-electron chi connectivity index (χ0n) is 40.4. The molecule has 0 radical (unpaired) electrons. The predicted molar refractivity (Wildman–Crippen MR) is 264 cm³/mol. The summed E-state index contributed by atoms with van der Waals surface area (Å²) < 4.78 is 5.44. The normalized spacial score (nSPS) is 13.0. The molecule has 356 valence electrons. The van der Waals surface area contributed by atoms with Gasteiger partial charge in [-0.15, -0.1) is 0 Å². The zero-order valence-corrected chi connectivity index (χ0v) is 40.4. The summed E-state index contributed by atoms with van der Waals surface area (Å²) in [6.07, 6.45) is 62.3. The van der Waals surface area contributed by atoms with Crippen molar-refractivity contribution in [1.82, 2.24) is 5.32 Å². The van der Waals surface area contributed by atoms with E-state index in [9.17, 15) is 19.8 Å². The molecular formula is C55H101NO5. The highest BCUT2D eigenvalue weighted by molar-refractivity contribution is 5.76. The topological polar surface area (TPSA) is 95.9 Å². The van der Waals surface area contributed by atoms with Crippen LogP contribution in [0.1, 0.15) is 264 Å². The molecule has 0 aliphatic rings. The molecule has 6 nitrogen and oxygen atoms in total. The second kappa shape index (κ2) is 50.5. The van der Waals surface area contributed by atoms with E-state index in [1.165, 1.54) is 161 Å². The van der Waals surface area contributed by atoms with Gasteiger partial charge in [0.1, 0.15) is 0 Å². The number of rotatable bonds is 48. The molecule has 0 aromatic heterocycles. The van der Waals surface area contributed by atoms with Gasteiger partial charge in [0.05, 0.1) is 25.4 Å². The first-order valence-corrected chi connectivity index (χ1v) is 26.4. The summed E-state index contributed by atoms with van der Waals surface area (Å²) in [4.78, 5) is 24.4. The number of allylic oxidation sites excluding steroid dienone is 8. The Morgan fingerprint density at radius 2 is 0.836 bits per heavy atom. The smallest absolute Gasteiger partial charge is 0.305 e. The lowest BCUT2D eigenvalue weighted by Crippen LogP contribution is -2.45. The summed E-state index contributed by atoms with van der Waals surface area (Å²) >= 11 is 0. The van der Waals surface area contributed by atoms with Crippen LogP contribution in [0.2, 0.25) is 0 Å². The SMILES string of the molecule is CCCCC/C=C\C/C=C\CCCCCCCC(=O)OCCCCCCCC/C=C\C/C=C\CCC(=O)NC(CO)C(O)CCCCCCCCCCCCCCCCCC. The molecule has 0 aromatic rings. The molecule has 0 saturated heterocycles. The quantitative estimate of drug-likeness (QED) is 0.0322. The molecule has 3 N–H and O–H groups in total. The monoisotopic (exact) mass is 856 g/mol. The predicted octanol–water partition coefficient (Wildman–Crippen LogP) is 15.8. The Bertz CT molecular complexity index is 1040. The number of unbranched alkanes of at least 4 members (excludes halogenated alkanes) is 29. The number of carbonyl (C=O) groups excluding carboxylic acids is 2. The van der Waals surface area contributed by atoms with Crippen LogP contribution in [-0.4, -0.2) is 47.4 Å². The van der Waals surface area contributed by atoms with Gasteiger partial charge in [-0.3, -0.25) is 9.59 Å². The van der Waals surface area contributed by atoms with Crippen LogP contribution < -0.4 is 5.32 Å². The van der Waals surface area contributed by atoms with Gasteiger partial charge in [0.2, 0.25) is 5.91 Å². The lowest BCUT2D eigenvalue weighted by molar-refractivity contribution is -0.143. The number of aliphatic hydroxyl groups excluding tert-OH is 2. The van der Waals surface area contributed by atoms with E-state index in [1.54, 1.807) is 0 Å². The third kappa shape index (κ3) is 47.1. The summed E-state index contributed by atoms with van der Waals surface area (Å²) in [6.45, 7) is 4.85. The molecular weight excluding hydrogens is 755 g/mol. The minimum absolute atomic E-state index is 0.0316. The van der Waals surface area contributed by atoms with E-state index in [0.717, 1.165) is 64.2 Å². The Hall–Kier alpha value is -2.18. The van der Waals surface area contributed by atoms with Gasteiger partial charge in [0.25, 0.3) is 0 Å². The molecule has 2 unspecified atom stereocenters. The maximum absolute atomic E-state index is 12.4. The van der Waals surface area contributed by atoms with Crippen LogP contribution >= 0.6 is 0 Å². The van der Waals surface area contributed by atoms with Gasteiger partial charge in [-0.2, -0.15) is 0 Å². The molecule has 6 heteroatoms. The van der Waals surface area contributed by atoms with Crippen molar-refractivity contribution in [3.63, 3.8) is 0 Å². The maximum Gasteiger partial charge on any atom is 0.305 e. The lowest BCUT2D eigenvalue weighted by atomic mass is 10.0. The molecule has 0 spiro atoms. The number of aliphatic hydroxyl groups is 2. The molecule has 0 aliphatic carbocycles. The second-order valence-electron chi connectivity index (χ2n) is 17.8. The van der Waals surface area contributed by atoms with Crippen molar-refractivity contribution in [2.75, 3.05) is 13.2 Å². The first-order chi connectivity index (χ1) is 30.0. The Kier molecular flexibility index (Phi) is 48.7. The fourth-order valence-electron chi connectivity index (χ4n) is 7.78. The third-order valence-corrected chi connectivity index (χ3v) is 11.9. The van der Waals surface area contributed by atoms with E-state index in [1.807, 2.05) is 6.08 Å². The van der Waals surface area contributed by atoms with Crippen LogP contribution in [0.25, 0.3) is 0 Å². The Balaban J connectivity index is 3.57.